The molecule has 0 bridgehead atoms. The van der Waals surface area contributed by atoms with Gasteiger partial charge in [-0.3, -0.25) is 0 Å². The summed E-state index contributed by atoms with van der Waals surface area (Å²) < 4.78 is 5.22. The van der Waals surface area contributed by atoms with Crippen molar-refractivity contribution < 1.29 is 9.53 Å². The van der Waals surface area contributed by atoms with Gasteiger partial charge in [0.2, 0.25) is 0 Å². The lowest BCUT2D eigenvalue weighted by Crippen LogP contribution is -2.36. The van der Waals surface area contributed by atoms with Gasteiger partial charge in [-0.15, -0.1) is 0 Å². The maximum atomic E-state index is 11.7. The first-order valence-corrected chi connectivity index (χ1v) is 7.07. The van der Waals surface area contributed by atoms with Crippen molar-refractivity contribution in [3.8, 4) is 0 Å². The number of likely N-dealkylation sites (N-methyl/N-ethyl adjacent to an activating group) is 2. The second-order valence-corrected chi connectivity index (χ2v) is 3.63. The normalized spacial score (nSPS) is 10.3. The van der Waals surface area contributed by atoms with Crippen molar-refractivity contribution in [2.24, 2.45) is 0 Å². The molecular formula is C15H30N2O2. The van der Waals surface area contributed by atoms with E-state index in [1.807, 2.05) is 40.8 Å². The van der Waals surface area contributed by atoms with Crippen LogP contribution in [0.15, 0.2) is 24.3 Å². The molecule has 0 aliphatic heterocycles. The number of hydrogen-bond donors (Lipinski definition) is 1. The van der Waals surface area contributed by atoms with Crippen LogP contribution in [0.25, 0.3) is 0 Å². The first kappa shape index (κ1) is 20.0. The Labute approximate surface area is 118 Å². The highest BCUT2D eigenvalue weighted by Gasteiger charge is 2.12. The van der Waals surface area contributed by atoms with Crippen LogP contribution in [0.4, 0.5) is 4.79 Å². The third-order valence-corrected chi connectivity index (χ3v) is 2.36. The molecule has 0 fully saturated rings. The number of amides is 1. The lowest BCUT2D eigenvalue weighted by atomic mass is 10.2. The van der Waals surface area contributed by atoms with E-state index in [2.05, 4.69) is 11.9 Å². The van der Waals surface area contributed by atoms with Gasteiger partial charge in [0, 0.05) is 19.6 Å². The number of carbonyl (C=O) groups is 1. The van der Waals surface area contributed by atoms with Gasteiger partial charge >= 0.3 is 6.09 Å². The van der Waals surface area contributed by atoms with Gasteiger partial charge in [-0.25, -0.2) is 4.79 Å². The summed E-state index contributed by atoms with van der Waals surface area (Å²) in [5.41, 5.74) is 0.950. The maximum Gasteiger partial charge on any atom is 0.410 e. The van der Waals surface area contributed by atoms with Crippen molar-refractivity contribution in [1.29, 1.82) is 0 Å². The van der Waals surface area contributed by atoms with E-state index in [9.17, 15) is 4.79 Å². The molecule has 0 unspecified atom stereocenters. The minimum Gasteiger partial charge on any atom is -0.445 e. The average Bonchev–Trinajstić information content (AvgIpc) is 2.46. The maximum absolute atomic E-state index is 11.7. The van der Waals surface area contributed by atoms with Crippen LogP contribution in [-0.4, -0.2) is 44.3 Å². The minimum absolute atomic E-state index is 0.272. The van der Waals surface area contributed by atoms with Crippen molar-refractivity contribution in [3.63, 3.8) is 0 Å². The van der Waals surface area contributed by atoms with Crippen LogP contribution in [0.3, 0.4) is 0 Å². The highest BCUT2D eigenvalue weighted by atomic mass is 16.6. The third-order valence-electron chi connectivity index (χ3n) is 2.36. The summed E-state index contributed by atoms with van der Waals surface area (Å²) in [6.45, 7) is 14.0. The molecule has 0 aromatic heterocycles. The predicted molar refractivity (Wildman–Crippen MR) is 82.4 cm³/mol. The number of carbonyl (C=O) groups excluding carboxylic acids is 1. The summed E-state index contributed by atoms with van der Waals surface area (Å²) in [6, 6.07) is 0. The Hall–Kier alpha value is -1.29. The molecule has 0 aromatic carbocycles. The summed E-state index contributed by atoms with van der Waals surface area (Å²) >= 11 is 0. The zero-order valence-corrected chi connectivity index (χ0v) is 13.2. The topological polar surface area (TPSA) is 41.6 Å². The van der Waals surface area contributed by atoms with Crippen molar-refractivity contribution in [1.82, 2.24) is 10.2 Å². The van der Waals surface area contributed by atoms with E-state index in [1.165, 1.54) is 0 Å². The molecule has 1 N–H and O–H groups in total. The second-order valence-electron chi connectivity index (χ2n) is 3.63. The van der Waals surface area contributed by atoms with Crippen LogP contribution in [0.2, 0.25) is 0 Å². The third kappa shape index (κ3) is 10.3. The van der Waals surface area contributed by atoms with E-state index in [4.69, 9.17) is 4.74 Å². The van der Waals surface area contributed by atoms with Crippen LogP contribution < -0.4 is 5.32 Å². The number of ether oxygens (including phenoxy) is 1. The second kappa shape index (κ2) is 14.8. The fourth-order valence-electron chi connectivity index (χ4n) is 1.32. The van der Waals surface area contributed by atoms with E-state index in [1.54, 1.807) is 11.0 Å². The molecule has 0 aliphatic rings. The summed E-state index contributed by atoms with van der Waals surface area (Å²) in [4.78, 5) is 13.4. The molecule has 19 heavy (non-hydrogen) atoms. The summed E-state index contributed by atoms with van der Waals surface area (Å²) in [6.07, 6.45) is 4.37. The van der Waals surface area contributed by atoms with Gasteiger partial charge in [0.1, 0.15) is 6.61 Å². The Morgan fingerprint density at radius 1 is 1.37 bits per heavy atom. The molecule has 112 valence electrons. The Balaban J connectivity index is 0. The lowest BCUT2D eigenvalue weighted by Gasteiger charge is -2.20. The van der Waals surface area contributed by atoms with Gasteiger partial charge in [0.25, 0.3) is 0 Å². The first-order chi connectivity index (χ1) is 9.19. The van der Waals surface area contributed by atoms with Crippen LogP contribution in [-0.2, 0) is 4.74 Å². The molecule has 0 saturated carbocycles. The van der Waals surface area contributed by atoms with Crippen LogP contribution in [0.5, 0.6) is 0 Å². The van der Waals surface area contributed by atoms with Gasteiger partial charge in [0.05, 0.1) is 0 Å². The van der Waals surface area contributed by atoms with Crippen molar-refractivity contribution in [3.05, 3.63) is 24.3 Å². The monoisotopic (exact) mass is 270 g/mol. The SMILES string of the molecule is C=C/C(=C\CC)COC(=O)N(CC)CCNC.CC. The van der Waals surface area contributed by atoms with Gasteiger partial charge in [-0.2, -0.15) is 0 Å². The van der Waals surface area contributed by atoms with E-state index >= 15 is 0 Å². The molecule has 0 spiro atoms. The van der Waals surface area contributed by atoms with Gasteiger partial charge in [0.15, 0.2) is 0 Å². The van der Waals surface area contributed by atoms with Crippen molar-refractivity contribution in [2.45, 2.75) is 34.1 Å². The number of rotatable bonds is 8. The molecule has 4 nitrogen and oxygen atoms in total. The molecule has 0 rings (SSSR count). The minimum atomic E-state index is -0.272. The molecule has 0 radical (unpaired) electrons. The van der Waals surface area contributed by atoms with Gasteiger partial charge in [-0.05, 0) is 26.0 Å². The standard InChI is InChI=1S/C13H24N2O2.C2H6/c1-5-8-12(6-2)11-17-13(16)15(7-3)10-9-14-4;1-2/h6,8,14H,2,5,7,9-11H2,1,3-4H3;1-2H3/b12-8+;. The van der Waals surface area contributed by atoms with E-state index in [-0.39, 0.29) is 6.09 Å². The van der Waals surface area contributed by atoms with Gasteiger partial charge in [-0.1, -0.05) is 39.5 Å². The van der Waals surface area contributed by atoms with Gasteiger partial charge < -0.3 is 15.0 Å². The van der Waals surface area contributed by atoms with Crippen LogP contribution >= 0.6 is 0 Å². The van der Waals surface area contributed by atoms with Crippen molar-refractivity contribution in [2.75, 3.05) is 33.3 Å². The molecular weight excluding hydrogens is 240 g/mol. The molecule has 0 aromatic rings. The number of nitrogens with zero attached hydrogens (tertiary/aromatic N) is 1. The quantitative estimate of drug-likeness (QED) is 0.689. The summed E-state index contributed by atoms with van der Waals surface area (Å²) in [7, 11) is 1.86. The Kier molecular flexibility index (Phi) is 15.6. The number of hydrogen-bond acceptors (Lipinski definition) is 3. The summed E-state index contributed by atoms with van der Waals surface area (Å²) in [5, 5.41) is 3.01. The first-order valence-electron chi connectivity index (χ1n) is 7.07. The van der Waals surface area contributed by atoms with Crippen LogP contribution in [0.1, 0.15) is 34.1 Å². The highest BCUT2D eigenvalue weighted by Crippen LogP contribution is 2.01. The van der Waals surface area contributed by atoms with E-state index in [0.29, 0.717) is 19.7 Å². The highest BCUT2D eigenvalue weighted by molar-refractivity contribution is 5.67. The molecule has 0 atom stereocenters. The molecule has 1 amide bonds. The largest absolute Gasteiger partial charge is 0.445 e. The molecule has 0 heterocycles. The zero-order valence-electron chi connectivity index (χ0n) is 13.2. The number of allylic oxidation sites excluding steroid dienone is 1. The zero-order chi connectivity index (χ0) is 15.1. The fourth-order valence-corrected chi connectivity index (χ4v) is 1.32. The van der Waals surface area contributed by atoms with Crippen LogP contribution in [0, 0.1) is 0 Å². The number of nitrogens with one attached hydrogen (secondary N) is 1. The Morgan fingerprint density at radius 2 is 2.00 bits per heavy atom. The summed E-state index contributed by atoms with van der Waals surface area (Å²) in [5.74, 6) is 0. The smallest absolute Gasteiger partial charge is 0.410 e. The lowest BCUT2D eigenvalue weighted by molar-refractivity contribution is 0.113. The predicted octanol–water partition coefficient (Wildman–Crippen LogP) is 3.21. The Bertz CT molecular complexity index is 263. The van der Waals surface area contributed by atoms with Crippen molar-refractivity contribution >= 4 is 6.09 Å². The Morgan fingerprint density at radius 3 is 2.42 bits per heavy atom. The molecule has 0 saturated heterocycles. The molecule has 0 aliphatic carbocycles. The molecule has 4 heteroatoms. The fraction of sp³-hybridized carbons (Fsp3) is 0.667. The average molecular weight is 270 g/mol. The van der Waals surface area contributed by atoms with E-state index < -0.39 is 0 Å². The van der Waals surface area contributed by atoms with E-state index in [0.717, 1.165) is 18.5 Å².